The summed E-state index contributed by atoms with van der Waals surface area (Å²) >= 11 is 0. The van der Waals surface area contributed by atoms with Gasteiger partial charge in [0.2, 0.25) is 0 Å². The molecule has 24 heavy (non-hydrogen) atoms. The van der Waals surface area contributed by atoms with Gasteiger partial charge in [0, 0.05) is 30.8 Å². The number of fused-ring (bicyclic) bond motifs is 2. The van der Waals surface area contributed by atoms with Gasteiger partial charge in [0.25, 0.3) is 0 Å². The van der Waals surface area contributed by atoms with Gasteiger partial charge in [-0.1, -0.05) is 36.4 Å². The molecule has 0 unspecified atom stereocenters. The first kappa shape index (κ1) is 14.5. The quantitative estimate of drug-likeness (QED) is 0.565. The van der Waals surface area contributed by atoms with E-state index in [-0.39, 0.29) is 5.43 Å². The van der Waals surface area contributed by atoms with Crippen LogP contribution in [-0.2, 0) is 13.7 Å². The minimum atomic E-state index is 0.0316. The Hall–Kier alpha value is -3.07. The highest BCUT2D eigenvalue weighted by molar-refractivity contribution is 5.83. The van der Waals surface area contributed by atoms with Crippen LogP contribution in [0.5, 0.6) is 5.75 Å². The minimum Gasteiger partial charge on any atom is -0.489 e. The number of pyridine rings is 1. The fraction of sp³-hybridized carbons (Fsp3) is 0.0952. The molecule has 0 radical (unpaired) electrons. The van der Waals surface area contributed by atoms with Crippen LogP contribution in [0.4, 0.5) is 0 Å². The fourth-order valence-corrected chi connectivity index (χ4v) is 2.95. The van der Waals surface area contributed by atoms with Crippen LogP contribution in [0.2, 0.25) is 0 Å². The van der Waals surface area contributed by atoms with E-state index in [2.05, 4.69) is 30.3 Å². The molecule has 0 spiro atoms. The predicted molar refractivity (Wildman–Crippen MR) is 97.5 cm³/mol. The van der Waals surface area contributed by atoms with Gasteiger partial charge >= 0.3 is 0 Å². The Morgan fingerprint density at radius 1 is 0.917 bits per heavy atom. The Morgan fingerprint density at radius 3 is 2.62 bits per heavy atom. The first-order valence-electron chi connectivity index (χ1n) is 7.90. The molecular weight excluding hydrogens is 298 g/mol. The highest BCUT2D eigenvalue weighted by Crippen LogP contribution is 2.21. The second-order valence-electron chi connectivity index (χ2n) is 5.94. The van der Waals surface area contributed by atoms with Crippen molar-refractivity contribution >= 4 is 21.7 Å². The minimum absolute atomic E-state index is 0.0316. The molecule has 0 aliphatic rings. The van der Waals surface area contributed by atoms with Crippen molar-refractivity contribution in [1.82, 2.24) is 4.57 Å². The number of benzene rings is 3. The van der Waals surface area contributed by atoms with E-state index in [0.29, 0.717) is 12.0 Å². The highest BCUT2D eigenvalue weighted by Gasteiger charge is 2.04. The van der Waals surface area contributed by atoms with Gasteiger partial charge in [-0.15, -0.1) is 0 Å². The molecule has 3 nitrogen and oxygen atoms in total. The normalized spacial score (nSPS) is 11.0. The lowest BCUT2D eigenvalue weighted by molar-refractivity contribution is 0.306. The largest absolute Gasteiger partial charge is 0.489 e. The van der Waals surface area contributed by atoms with Crippen molar-refractivity contribution < 1.29 is 4.74 Å². The maximum absolute atomic E-state index is 11.9. The van der Waals surface area contributed by atoms with E-state index in [1.807, 2.05) is 41.9 Å². The van der Waals surface area contributed by atoms with Crippen LogP contribution >= 0.6 is 0 Å². The zero-order valence-corrected chi connectivity index (χ0v) is 13.4. The van der Waals surface area contributed by atoms with Crippen molar-refractivity contribution in [2.45, 2.75) is 6.61 Å². The lowest BCUT2D eigenvalue weighted by Crippen LogP contribution is -2.05. The Labute approximate surface area is 139 Å². The second kappa shape index (κ2) is 5.85. The fourth-order valence-electron chi connectivity index (χ4n) is 2.95. The molecule has 1 heterocycles. The molecule has 118 valence electrons. The zero-order chi connectivity index (χ0) is 16.5. The van der Waals surface area contributed by atoms with Crippen LogP contribution in [0.25, 0.3) is 21.7 Å². The van der Waals surface area contributed by atoms with Crippen molar-refractivity contribution in [2.24, 2.45) is 7.05 Å². The molecule has 0 amide bonds. The smallest absolute Gasteiger partial charge is 0.189 e. The second-order valence-corrected chi connectivity index (χ2v) is 5.94. The van der Waals surface area contributed by atoms with Crippen molar-refractivity contribution in [1.29, 1.82) is 0 Å². The van der Waals surface area contributed by atoms with E-state index in [4.69, 9.17) is 4.74 Å². The zero-order valence-electron chi connectivity index (χ0n) is 13.4. The average Bonchev–Trinajstić information content (AvgIpc) is 2.63. The molecular formula is C21H17NO2. The summed E-state index contributed by atoms with van der Waals surface area (Å²) in [6.07, 6.45) is 1.78. The molecule has 0 saturated carbocycles. The maximum atomic E-state index is 11.9. The summed E-state index contributed by atoms with van der Waals surface area (Å²) in [6.45, 7) is 0.497. The Kier molecular flexibility index (Phi) is 3.54. The molecule has 0 bridgehead atoms. The van der Waals surface area contributed by atoms with Gasteiger partial charge in [-0.25, -0.2) is 0 Å². The number of ether oxygens (including phenoxy) is 1. The number of rotatable bonds is 3. The lowest BCUT2D eigenvalue weighted by Gasteiger charge is -2.10. The summed E-state index contributed by atoms with van der Waals surface area (Å²) in [5, 5.41) is 3.14. The van der Waals surface area contributed by atoms with Crippen molar-refractivity contribution in [3.8, 4) is 5.75 Å². The molecule has 0 aliphatic carbocycles. The predicted octanol–water partition coefficient (Wildman–Crippen LogP) is 4.27. The van der Waals surface area contributed by atoms with Crippen LogP contribution in [0, 0.1) is 0 Å². The first-order valence-corrected chi connectivity index (χ1v) is 7.90. The standard InChI is InChI=1S/C21H17NO2/c1-22-11-10-21(23)19-9-8-18(13-20(19)22)24-14-15-6-7-16-4-2-3-5-17(16)12-15/h2-13H,14H2,1H3. The molecule has 0 N–H and O–H groups in total. The molecule has 0 atom stereocenters. The van der Waals surface area contributed by atoms with Crippen LogP contribution in [0.1, 0.15) is 5.56 Å². The monoisotopic (exact) mass is 315 g/mol. The number of hydrogen-bond acceptors (Lipinski definition) is 2. The van der Waals surface area contributed by atoms with Crippen molar-refractivity contribution in [2.75, 3.05) is 0 Å². The van der Waals surface area contributed by atoms with Gasteiger partial charge in [0.1, 0.15) is 12.4 Å². The van der Waals surface area contributed by atoms with E-state index in [0.717, 1.165) is 16.8 Å². The summed E-state index contributed by atoms with van der Waals surface area (Å²) in [6, 6.07) is 21.8. The van der Waals surface area contributed by atoms with Gasteiger partial charge in [0.15, 0.2) is 5.43 Å². The van der Waals surface area contributed by atoms with Gasteiger partial charge in [-0.05, 0) is 34.5 Å². The summed E-state index contributed by atoms with van der Waals surface area (Å²) < 4.78 is 7.86. The molecule has 3 heteroatoms. The van der Waals surface area contributed by atoms with Gasteiger partial charge in [0.05, 0.1) is 5.52 Å². The van der Waals surface area contributed by atoms with Gasteiger partial charge in [-0.2, -0.15) is 0 Å². The molecule has 0 aliphatic heterocycles. The van der Waals surface area contributed by atoms with E-state index in [9.17, 15) is 4.79 Å². The third-order valence-electron chi connectivity index (χ3n) is 4.28. The topological polar surface area (TPSA) is 31.2 Å². The van der Waals surface area contributed by atoms with E-state index in [1.54, 1.807) is 12.3 Å². The van der Waals surface area contributed by atoms with E-state index >= 15 is 0 Å². The van der Waals surface area contributed by atoms with Gasteiger partial charge < -0.3 is 9.30 Å². The molecule has 0 saturated heterocycles. The average molecular weight is 315 g/mol. The Balaban J connectivity index is 1.61. The summed E-state index contributed by atoms with van der Waals surface area (Å²) in [5.41, 5.74) is 2.03. The van der Waals surface area contributed by atoms with Crippen LogP contribution < -0.4 is 10.2 Å². The maximum Gasteiger partial charge on any atom is 0.189 e. The molecule has 3 aromatic carbocycles. The van der Waals surface area contributed by atoms with Crippen molar-refractivity contribution in [3.05, 3.63) is 88.7 Å². The summed E-state index contributed by atoms with van der Waals surface area (Å²) in [5.74, 6) is 0.761. The molecule has 1 aromatic heterocycles. The molecule has 0 fully saturated rings. The van der Waals surface area contributed by atoms with E-state index < -0.39 is 0 Å². The van der Waals surface area contributed by atoms with Crippen molar-refractivity contribution in [3.63, 3.8) is 0 Å². The van der Waals surface area contributed by atoms with Crippen LogP contribution in [0.3, 0.4) is 0 Å². The Bertz CT molecular complexity index is 1100. The lowest BCUT2D eigenvalue weighted by atomic mass is 10.1. The Morgan fingerprint density at radius 2 is 1.75 bits per heavy atom. The third-order valence-corrected chi connectivity index (χ3v) is 4.28. The number of nitrogens with zero attached hydrogens (tertiary/aromatic N) is 1. The molecule has 4 aromatic rings. The first-order chi connectivity index (χ1) is 11.7. The summed E-state index contributed by atoms with van der Waals surface area (Å²) in [4.78, 5) is 11.9. The summed E-state index contributed by atoms with van der Waals surface area (Å²) in [7, 11) is 1.93. The molecule has 4 rings (SSSR count). The SMILES string of the molecule is Cn1ccc(=O)c2ccc(OCc3ccc4ccccc4c3)cc21. The van der Waals surface area contributed by atoms with E-state index in [1.165, 1.54) is 10.8 Å². The highest BCUT2D eigenvalue weighted by atomic mass is 16.5. The number of aryl methyl sites for hydroxylation is 1. The van der Waals surface area contributed by atoms with Gasteiger partial charge in [-0.3, -0.25) is 4.79 Å². The van der Waals surface area contributed by atoms with Crippen LogP contribution in [0.15, 0.2) is 77.7 Å². The van der Waals surface area contributed by atoms with Crippen LogP contribution in [-0.4, -0.2) is 4.57 Å². The number of hydrogen-bond donors (Lipinski definition) is 0. The number of aromatic nitrogens is 1. The third kappa shape index (κ3) is 2.65.